The maximum atomic E-state index is 13.9. The Kier molecular flexibility index (Phi) is 14.2. The molecule has 11 heteroatoms. The Hall–Kier alpha value is -6.08. The fraction of sp³-hybridized carbons (Fsp3) is 0.0962. The van der Waals surface area contributed by atoms with Crippen molar-refractivity contribution in [1.82, 2.24) is 0 Å². The van der Waals surface area contributed by atoms with E-state index in [2.05, 4.69) is 100 Å². The second-order valence-corrected chi connectivity index (χ2v) is 19.8. The number of nitrogens with zero attached hydrogens (tertiary/aromatic N) is 3. The van der Waals surface area contributed by atoms with Crippen LogP contribution in [0.3, 0.4) is 0 Å². The molecular formula is C52H38BrF2N3O2S3. The molecule has 0 saturated carbocycles. The van der Waals surface area contributed by atoms with E-state index < -0.39 is 21.5 Å². The number of halogens is 3. The summed E-state index contributed by atoms with van der Waals surface area (Å²) < 4.78 is 52.2. The van der Waals surface area contributed by atoms with Gasteiger partial charge >= 0.3 is 0 Å². The van der Waals surface area contributed by atoms with Gasteiger partial charge in [0.25, 0.3) is 0 Å². The smallest absolute Gasteiger partial charge is 0.198 e. The number of benzene rings is 7. The molecule has 0 atom stereocenters. The van der Waals surface area contributed by atoms with Crippen molar-refractivity contribution in [3.63, 3.8) is 0 Å². The standard InChI is InChI=1S/C23H21NO2S2.C22H14FNS.C7H3BrFN/c1-16-7-10-21(11-8-16)28(25,26)15-24-17(2)18-9-12-23-20(13-18)14-19-5-3-4-6-22(19)27-23;1-14(16-6-7-18(13-24)20(23)12-16)15-8-9-22-19(10-15)11-17-4-2-3-5-21(17)25-22;8-6-2-1-5(4-10)7(9)3-6/h3-13H,14-15H2,1-2H3;2-10,12H,1,11H2;1-3H. The highest BCUT2D eigenvalue weighted by molar-refractivity contribution is 9.10. The van der Waals surface area contributed by atoms with Gasteiger partial charge in [0.05, 0.1) is 16.0 Å². The minimum absolute atomic E-state index is 0.0509. The van der Waals surface area contributed by atoms with Gasteiger partial charge in [0.15, 0.2) is 9.84 Å². The van der Waals surface area contributed by atoms with Crippen LogP contribution in [0, 0.1) is 41.2 Å². The van der Waals surface area contributed by atoms with Gasteiger partial charge in [-0.05, 0) is 150 Å². The van der Waals surface area contributed by atoms with Gasteiger partial charge in [-0.15, -0.1) is 0 Å². The van der Waals surface area contributed by atoms with Crippen molar-refractivity contribution in [3.8, 4) is 12.1 Å². The van der Waals surface area contributed by atoms with E-state index in [0.717, 1.165) is 40.8 Å². The Morgan fingerprint density at radius 3 is 1.68 bits per heavy atom. The summed E-state index contributed by atoms with van der Waals surface area (Å²) in [5, 5.41) is 17.2. The first-order valence-corrected chi connectivity index (χ1v) is 23.7. The van der Waals surface area contributed by atoms with Gasteiger partial charge in [0, 0.05) is 29.8 Å². The van der Waals surface area contributed by atoms with Crippen LogP contribution in [-0.2, 0) is 22.7 Å². The average Bonchev–Trinajstić information content (AvgIpc) is 3.29. The molecule has 7 aromatic rings. The van der Waals surface area contributed by atoms with Crippen LogP contribution in [0.5, 0.6) is 0 Å². The van der Waals surface area contributed by atoms with Crippen molar-refractivity contribution in [1.29, 1.82) is 10.5 Å². The number of hydrogen-bond acceptors (Lipinski definition) is 7. The molecule has 9 rings (SSSR count). The summed E-state index contributed by atoms with van der Waals surface area (Å²) in [5.74, 6) is -1.24. The van der Waals surface area contributed by atoms with Crippen molar-refractivity contribution < 1.29 is 17.2 Å². The first kappa shape index (κ1) is 45.0. The molecule has 7 aromatic carbocycles. The Morgan fingerprint density at radius 1 is 0.651 bits per heavy atom. The second kappa shape index (κ2) is 20.0. The highest BCUT2D eigenvalue weighted by Gasteiger charge is 2.19. The second-order valence-electron chi connectivity index (χ2n) is 14.7. The monoisotopic (exact) mass is 949 g/mol. The maximum absolute atomic E-state index is 13.9. The van der Waals surface area contributed by atoms with Crippen molar-refractivity contribution in [3.05, 3.63) is 224 Å². The van der Waals surface area contributed by atoms with Crippen molar-refractivity contribution >= 4 is 60.6 Å². The van der Waals surface area contributed by atoms with Crippen molar-refractivity contribution in [2.45, 2.75) is 51.2 Å². The molecule has 0 spiro atoms. The topological polar surface area (TPSA) is 94.1 Å². The average molecular weight is 951 g/mol. The van der Waals surface area contributed by atoms with E-state index in [1.165, 1.54) is 66.1 Å². The Bertz CT molecular complexity index is 3120. The van der Waals surface area contributed by atoms with Crippen molar-refractivity contribution in [2.75, 3.05) is 5.88 Å². The largest absolute Gasteiger partial charge is 0.273 e. The van der Waals surface area contributed by atoms with Crippen molar-refractivity contribution in [2.24, 2.45) is 4.99 Å². The molecule has 0 aromatic heterocycles. The minimum Gasteiger partial charge on any atom is -0.273 e. The fourth-order valence-electron chi connectivity index (χ4n) is 6.83. The van der Waals surface area contributed by atoms with E-state index >= 15 is 0 Å². The Labute approximate surface area is 383 Å². The van der Waals surface area contributed by atoms with Crippen LogP contribution in [0.1, 0.15) is 62.6 Å². The lowest BCUT2D eigenvalue weighted by Crippen LogP contribution is -2.08. The predicted octanol–water partition coefficient (Wildman–Crippen LogP) is 13.6. The minimum atomic E-state index is -3.43. The lowest BCUT2D eigenvalue weighted by atomic mass is 9.95. The van der Waals surface area contributed by atoms with Crippen LogP contribution in [0.4, 0.5) is 8.78 Å². The summed E-state index contributed by atoms with van der Waals surface area (Å²) >= 11 is 6.64. The van der Waals surface area contributed by atoms with E-state index in [1.807, 2.05) is 44.2 Å². The highest BCUT2D eigenvalue weighted by Crippen LogP contribution is 2.41. The summed E-state index contributed by atoms with van der Waals surface area (Å²) in [7, 11) is -3.43. The van der Waals surface area contributed by atoms with Gasteiger partial charge < -0.3 is 0 Å². The van der Waals surface area contributed by atoms with Crippen LogP contribution in [0.15, 0.2) is 186 Å². The van der Waals surface area contributed by atoms with Crippen LogP contribution in [-0.4, -0.2) is 20.0 Å². The number of hydrogen-bond donors (Lipinski definition) is 0. The number of aryl methyl sites for hydroxylation is 1. The maximum Gasteiger partial charge on any atom is 0.198 e. The first-order chi connectivity index (χ1) is 30.3. The molecule has 0 N–H and O–H groups in total. The van der Waals surface area contributed by atoms with Crippen LogP contribution >= 0.6 is 39.5 Å². The summed E-state index contributed by atoms with van der Waals surface area (Å²) in [5.41, 5.74) is 10.5. The summed E-state index contributed by atoms with van der Waals surface area (Å²) in [4.78, 5) is 9.80. The normalized spacial score (nSPS) is 12.3. The van der Waals surface area contributed by atoms with Crippen LogP contribution < -0.4 is 0 Å². The molecule has 0 fully saturated rings. The molecule has 0 radical (unpaired) electrons. The van der Waals surface area contributed by atoms with Gasteiger partial charge in [0.1, 0.15) is 29.6 Å². The number of sulfone groups is 1. The first-order valence-electron chi connectivity index (χ1n) is 19.6. The predicted molar refractivity (Wildman–Crippen MR) is 253 cm³/mol. The molecule has 0 bridgehead atoms. The van der Waals surface area contributed by atoms with E-state index in [9.17, 15) is 17.2 Å². The van der Waals surface area contributed by atoms with Crippen LogP contribution in [0.2, 0.25) is 0 Å². The molecule has 0 unspecified atom stereocenters. The number of aliphatic imine (C=N–C) groups is 1. The zero-order chi connectivity index (χ0) is 44.7. The zero-order valence-electron chi connectivity index (χ0n) is 34.2. The molecule has 0 aliphatic carbocycles. The van der Waals surface area contributed by atoms with Gasteiger partial charge in [-0.1, -0.05) is 118 Å². The summed E-state index contributed by atoms with van der Waals surface area (Å²) in [6.45, 7) is 7.94. The molecule has 2 heterocycles. The quantitative estimate of drug-likeness (QED) is 0.154. The third-order valence-electron chi connectivity index (χ3n) is 10.4. The number of rotatable bonds is 6. The zero-order valence-corrected chi connectivity index (χ0v) is 38.2. The molecule has 63 heavy (non-hydrogen) atoms. The molecule has 5 nitrogen and oxygen atoms in total. The fourth-order valence-corrected chi connectivity index (χ4v) is 10.3. The Morgan fingerprint density at radius 2 is 1.13 bits per heavy atom. The molecule has 2 aliphatic heterocycles. The molecule has 2 aliphatic rings. The van der Waals surface area contributed by atoms with E-state index in [-0.39, 0.29) is 17.0 Å². The molecular weight excluding hydrogens is 913 g/mol. The molecule has 0 saturated heterocycles. The number of nitriles is 2. The Balaban J connectivity index is 0.000000156. The van der Waals surface area contributed by atoms with E-state index in [0.29, 0.717) is 14.9 Å². The van der Waals surface area contributed by atoms with Gasteiger partial charge in [0.2, 0.25) is 0 Å². The van der Waals surface area contributed by atoms with Gasteiger partial charge in [-0.2, -0.15) is 10.5 Å². The molecule has 0 amide bonds. The summed E-state index contributed by atoms with van der Waals surface area (Å²) in [6.07, 6.45) is 1.78. The summed E-state index contributed by atoms with van der Waals surface area (Å²) in [6, 6.07) is 48.8. The van der Waals surface area contributed by atoms with Gasteiger partial charge in [-0.3, -0.25) is 4.99 Å². The third kappa shape index (κ3) is 10.9. The highest BCUT2D eigenvalue weighted by atomic mass is 79.9. The lowest BCUT2D eigenvalue weighted by Gasteiger charge is -2.20. The number of fused-ring (bicyclic) bond motifs is 4. The lowest BCUT2D eigenvalue weighted by molar-refractivity contribution is 0.596. The van der Waals surface area contributed by atoms with Crippen LogP contribution in [0.25, 0.3) is 5.57 Å². The van der Waals surface area contributed by atoms with E-state index in [1.54, 1.807) is 53.9 Å². The third-order valence-corrected chi connectivity index (χ3v) is 14.8. The van der Waals surface area contributed by atoms with E-state index in [4.69, 9.17) is 10.5 Å². The molecule has 312 valence electrons. The van der Waals surface area contributed by atoms with Gasteiger partial charge in [-0.25, -0.2) is 17.2 Å². The SMILES string of the molecule is C=C(c1ccc(C#N)c(F)c1)c1ccc2c(c1)Cc1ccccc1S2.CC(=NCS(=O)(=O)c1ccc(C)cc1)c1ccc2c(c1)Cc1ccccc1S2.N#Cc1ccc(Br)cc1F.